The number of methoxy groups -OCH3 is 1. The molecule has 2 fully saturated rings. The van der Waals surface area contributed by atoms with E-state index in [4.69, 9.17) is 9.47 Å². The molecule has 0 aromatic heterocycles. The molecule has 1 aliphatic heterocycles. The first-order valence-electron chi connectivity index (χ1n) is 9.99. The number of hydrogen-bond donors (Lipinski definition) is 1. The van der Waals surface area contributed by atoms with Crippen LogP contribution in [-0.4, -0.2) is 23.9 Å². The molecule has 4 rings (SSSR count). The van der Waals surface area contributed by atoms with Gasteiger partial charge in [-0.15, -0.1) is 0 Å². The summed E-state index contributed by atoms with van der Waals surface area (Å²) in [4.78, 5) is 0. The predicted molar refractivity (Wildman–Crippen MR) is 108 cm³/mol. The lowest BCUT2D eigenvalue weighted by Crippen LogP contribution is -2.52. The zero-order valence-electron chi connectivity index (χ0n) is 16.7. The highest BCUT2D eigenvalue weighted by Gasteiger charge is 2.50. The quantitative estimate of drug-likeness (QED) is 0.808. The van der Waals surface area contributed by atoms with Crippen LogP contribution >= 0.6 is 0 Å². The molecule has 3 nitrogen and oxygen atoms in total. The van der Waals surface area contributed by atoms with Crippen LogP contribution in [0.15, 0.2) is 48.5 Å². The highest BCUT2D eigenvalue weighted by atomic mass is 16.5. The minimum absolute atomic E-state index is 0.0473. The summed E-state index contributed by atoms with van der Waals surface area (Å²) in [5.41, 5.74) is 3.38. The van der Waals surface area contributed by atoms with E-state index in [0.29, 0.717) is 11.8 Å². The molecule has 1 aliphatic carbocycles. The van der Waals surface area contributed by atoms with Crippen molar-refractivity contribution in [3.63, 3.8) is 0 Å². The number of aliphatic hydroxyl groups excluding tert-OH is 1. The Labute approximate surface area is 162 Å². The third-order valence-electron chi connectivity index (χ3n) is 6.83. The van der Waals surface area contributed by atoms with Crippen molar-refractivity contribution in [3.05, 3.63) is 54.1 Å². The van der Waals surface area contributed by atoms with Crippen molar-refractivity contribution in [2.45, 2.75) is 51.4 Å². The molecule has 1 saturated carbocycles. The maximum atomic E-state index is 10.6. The summed E-state index contributed by atoms with van der Waals surface area (Å²) in [5.74, 6) is 1.94. The second-order valence-corrected chi connectivity index (χ2v) is 8.75. The molecule has 0 radical (unpaired) electrons. The summed E-state index contributed by atoms with van der Waals surface area (Å²) in [7, 11) is 1.68. The van der Waals surface area contributed by atoms with Gasteiger partial charge < -0.3 is 14.6 Å². The maximum Gasteiger partial charge on any atom is 0.118 e. The minimum Gasteiger partial charge on any atom is -0.497 e. The van der Waals surface area contributed by atoms with Crippen molar-refractivity contribution in [2.75, 3.05) is 7.11 Å². The largest absolute Gasteiger partial charge is 0.497 e. The number of hydrogen-bond acceptors (Lipinski definition) is 3. The van der Waals surface area contributed by atoms with Gasteiger partial charge in [-0.1, -0.05) is 43.3 Å². The molecule has 144 valence electrons. The molecule has 27 heavy (non-hydrogen) atoms. The van der Waals surface area contributed by atoms with Crippen LogP contribution in [0.3, 0.4) is 0 Å². The number of ether oxygens (including phenoxy) is 2. The fraction of sp³-hybridized carbons (Fsp3) is 0.500. The van der Waals surface area contributed by atoms with Gasteiger partial charge in [0.05, 0.1) is 24.9 Å². The Hall–Kier alpha value is -1.84. The van der Waals surface area contributed by atoms with Gasteiger partial charge in [0.2, 0.25) is 0 Å². The molecular weight excluding hydrogens is 336 g/mol. The third kappa shape index (κ3) is 3.39. The molecule has 2 aromatic rings. The fourth-order valence-electron chi connectivity index (χ4n) is 4.87. The number of rotatable bonds is 3. The van der Waals surface area contributed by atoms with Gasteiger partial charge in [0.15, 0.2) is 0 Å². The number of benzene rings is 2. The van der Waals surface area contributed by atoms with Crippen LogP contribution in [0.4, 0.5) is 0 Å². The van der Waals surface area contributed by atoms with E-state index in [2.05, 4.69) is 57.2 Å². The van der Waals surface area contributed by atoms with E-state index in [1.54, 1.807) is 7.11 Å². The molecule has 0 amide bonds. The molecule has 2 unspecified atom stereocenters. The van der Waals surface area contributed by atoms with Crippen molar-refractivity contribution in [3.8, 4) is 16.9 Å². The lowest BCUT2D eigenvalue weighted by molar-refractivity contribution is -0.215. The van der Waals surface area contributed by atoms with Crippen molar-refractivity contribution < 1.29 is 14.6 Å². The summed E-state index contributed by atoms with van der Waals surface area (Å²) in [6.07, 6.45) is 1.81. The van der Waals surface area contributed by atoms with Gasteiger partial charge in [-0.2, -0.15) is 0 Å². The van der Waals surface area contributed by atoms with Crippen LogP contribution in [0.2, 0.25) is 0 Å². The van der Waals surface area contributed by atoms with Gasteiger partial charge in [-0.05, 0) is 73.3 Å². The topological polar surface area (TPSA) is 38.7 Å². The molecular formula is C24H30O3. The van der Waals surface area contributed by atoms with Crippen molar-refractivity contribution >= 4 is 0 Å². The van der Waals surface area contributed by atoms with Crippen LogP contribution in [0.1, 0.15) is 45.3 Å². The monoisotopic (exact) mass is 366 g/mol. The zero-order chi connectivity index (χ0) is 19.2. The summed E-state index contributed by atoms with van der Waals surface area (Å²) < 4.78 is 11.8. The Morgan fingerprint density at radius 1 is 0.963 bits per heavy atom. The van der Waals surface area contributed by atoms with Gasteiger partial charge in [-0.25, -0.2) is 0 Å². The lowest BCUT2D eigenvalue weighted by Gasteiger charge is -2.53. The van der Waals surface area contributed by atoms with Gasteiger partial charge in [0, 0.05) is 0 Å². The zero-order valence-corrected chi connectivity index (χ0v) is 16.7. The molecule has 2 aliphatic rings. The average Bonchev–Trinajstić information content (AvgIpc) is 2.68. The average molecular weight is 367 g/mol. The summed E-state index contributed by atoms with van der Waals surface area (Å²) in [6.45, 7) is 6.52. The summed E-state index contributed by atoms with van der Waals surface area (Å²) in [6, 6.07) is 16.9. The smallest absolute Gasteiger partial charge is 0.118 e. The fourth-order valence-corrected chi connectivity index (χ4v) is 4.87. The normalized spacial score (nSPS) is 32.1. The van der Waals surface area contributed by atoms with Gasteiger partial charge in [0.25, 0.3) is 0 Å². The van der Waals surface area contributed by atoms with E-state index in [9.17, 15) is 5.11 Å². The van der Waals surface area contributed by atoms with Crippen molar-refractivity contribution in [1.29, 1.82) is 0 Å². The number of aliphatic hydroxyl groups is 1. The molecule has 3 heteroatoms. The molecule has 1 heterocycles. The van der Waals surface area contributed by atoms with Gasteiger partial charge >= 0.3 is 0 Å². The van der Waals surface area contributed by atoms with Crippen LogP contribution < -0.4 is 4.74 Å². The standard InChI is InChI=1S/C24H30O3/c1-15-21-13-19(14-22(15)25)24(2,3)27-23(21)18-7-5-16(6-8-18)17-9-11-20(26-4)12-10-17/h5-12,15,19,21-23,25H,13-14H2,1-4H3/t15-,19?,21?,22-,23-/m0/s1. The predicted octanol–water partition coefficient (Wildman–Crippen LogP) is 5.24. The maximum absolute atomic E-state index is 10.6. The highest BCUT2D eigenvalue weighted by Crippen LogP contribution is 2.53. The lowest BCUT2D eigenvalue weighted by atomic mass is 9.63. The van der Waals surface area contributed by atoms with Crippen molar-refractivity contribution in [2.24, 2.45) is 17.8 Å². The van der Waals surface area contributed by atoms with E-state index < -0.39 is 0 Å². The van der Waals surface area contributed by atoms with Crippen molar-refractivity contribution in [1.82, 2.24) is 0 Å². The Morgan fingerprint density at radius 2 is 1.56 bits per heavy atom. The first-order valence-corrected chi connectivity index (χ1v) is 9.99. The van der Waals surface area contributed by atoms with Crippen LogP contribution in [0.5, 0.6) is 5.75 Å². The summed E-state index contributed by atoms with van der Waals surface area (Å²) in [5, 5.41) is 10.6. The Balaban J connectivity index is 1.60. The first kappa shape index (κ1) is 18.5. The van der Waals surface area contributed by atoms with Crippen LogP contribution in [0, 0.1) is 17.8 Å². The molecule has 2 bridgehead atoms. The van der Waals surface area contributed by atoms with Gasteiger partial charge in [-0.3, -0.25) is 0 Å². The number of fused-ring (bicyclic) bond motifs is 2. The molecule has 0 spiro atoms. The first-order chi connectivity index (χ1) is 12.9. The summed E-state index contributed by atoms with van der Waals surface area (Å²) >= 11 is 0. The molecule has 2 aromatic carbocycles. The Bertz CT molecular complexity index is 778. The van der Waals surface area contributed by atoms with E-state index in [1.165, 1.54) is 16.7 Å². The van der Waals surface area contributed by atoms with Crippen LogP contribution in [-0.2, 0) is 4.74 Å². The second kappa shape index (κ2) is 6.96. The van der Waals surface area contributed by atoms with E-state index in [0.717, 1.165) is 18.6 Å². The minimum atomic E-state index is -0.224. The Kier molecular flexibility index (Phi) is 4.77. The molecule has 1 N–H and O–H groups in total. The Morgan fingerprint density at radius 3 is 2.15 bits per heavy atom. The van der Waals surface area contributed by atoms with Crippen LogP contribution in [0.25, 0.3) is 11.1 Å². The van der Waals surface area contributed by atoms with E-state index in [-0.39, 0.29) is 23.7 Å². The second-order valence-electron chi connectivity index (χ2n) is 8.75. The van der Waals surface area contributed by atoms with E-state index in [1.807, 2.05) is 12.1 Å². The molecule has 1 saturated heterocycles. The molecule has 5 atom stereocenters. The SMILES string of the molecule is COc1ccc(-c2ccc([C@@H]3OC(C)(C)C4CC3[C@H](C)[C@@H](O)C4)cc2)cc1. The highest BCUT2D eigenvalue weighted by molar-refractivity contribution is 5.64. The van der Waals surface area contributed by atoms with Gasteiger partial charge in [0.1, 0.15) is 5.75 Å². The van der Waals surface area contributed by atoms with E-state index >= 15 is 0 Å². The third-order valence-corrected chi connectivity index (χ3v) is 6.83.